The number of aliphatic hydroxyl groups excluding tert-OH is 1. The molecule has 0 heterocycles. The predicted octanol–water partition coefficient (Wildman–Crippen LogP) is -0.354. The first kappa shape index (κ1) is 13.9. The van der Waals surface area contributed by atoms with E-state index in [0.29, 0.717) is 18.9 Å². The number of aliphatic hydroxyl groups is 1. The minimum Gasteiger partial charge on any atom is -0.394 e. The molecule has 0 aromatic rings. The SMILES string of the molecule is CC[C@H](CO)NC(=O)C(=O)NCC(C)C. The van der Waals surface area contributed by atoms with E-state index in [1.165, 1.54) is 0 Å². The zero-order chi connectivity index (χ0) is 11.8. The van der Waals surface area contributed by atoms with Gasteiger partial charge in [0.05, 0.1) is 12.6 Å². The molecule has 0 fully saturated rings. The van der Waals surface area contributed by atoms with Crippen molar-refractivity contribution in [2.75, 3.05) is 13.2 Å². The van der Waals surface area contributed by atoms with Crippen LogP contribution >= 0.6 is 0 Å². The molecule has 2 amide bonds. The topological polar surface area (TPSA) is 78.4 Å². The molecule has 0 unspecified atom stereocenters. The molecular weight excluding hydrogens is 196 g/mol. The second kappa shape index (κ2) is 7.23. The number of carbonyl (C=O) groups excluding carboxylic acids is 2. The summed E-state index contributed by atoms with van der Waals surface area (Å²) in [5, 5.41) is 13.8. The number of hydrogen-bond donors (Lipinski definition) is 3. The van der Waals surface area contributed by atoms with Gasteiger partial charge in [-0.3, -0.25) is 9.59 Å². The monoisotopic (exact) mass is 216 g/mol. The lowest BCUT2D eigenvalue weighted by atomic mass is 10.2. The molecule has 5 heteroatoms. The maximum Gasteiger partial charge on any atom is 0.309 e. The van der Waals surface area contributed by atoms with E-state index in [0.717, 1.165) is 0 Å². The van der Waals surface area contributed by atoms with Gasteiger partial charge in [-0.25, -0.2) is 0 Å². The second-order valence-electron chi connectivity index (χ2n) is 3.87. The fraction of sp³-hybridized carbons (Fsp3) is 0.800. The van der Waals surface area contributed by atoms with Crippen LogP contribution in [0.15, 0.2) is 0 Å². The molecule has 88 valence electrons. The zero-order valence-corrected chi connectivity index (χ0v) is 9.54. The van der Waals surface area contributed by atoms with Crippen molar-refractivity contribution in [3.05, 3.63) is 0 Å². The number of hydrogen-bond acceptors (Lipinski definition) is 3. The molecule has 0 spiro atoms. The quantitative estimate of drug-likeness (QED) is 0.549. The van der Waals surface area contributed by atoms with Gasteiger partial charge in [0, 0.05) is 6.54 Å². The molecule has 0 aromatic carbocycles. The van der Waals surface area contributed by atoms with Gasteiger partial charge >= 0.3 is 11.8 Å². The summed E-state index contributed by atoms with van der Waals surface area (Å²) in [6.07, 6.45) is 0.597. The van der Waals surface area contributed by atoms with Crippen molar-refractivity contribution in [2.24, 2.45) is 5.92 Å². The molecule has 0 radical (unpaired) electrons. The van der Waals surface area contributed by atoms with Gasteiger partial charge in [-0.15, -0.1) is 0 Å². The van der Waals surface area contributed by atoms with E-state index >= 15 is 0 Å². The lowest BCUT2D eigenvalue weighted by molar-refractivity contribution is -0.139. The van der Waals surface area contributed by atoms with Crippen LogP contribution in [0.25, 0.3) is 0 Å². The van der Waals surface area contributed by atoms with Crippen LogP contribution in [0.2, 0.25) is 0 Å². The van der Waals surface area contributed by atoms with Gasteiger partial charge in [-0.2, -0.15) is 0 Å². The molecular formula is C10H20N2O3. The lowest BCUT2D eigenvalue weighted by Gasteiger charge is -2.14. The van der Waals surface area contributed by atoms with Crippen LogP contribution in [-0.4, -0.2) is 36.1 Å². The smallest absolute Gasteiger partial charge is 0.309 e. The molecule has 0 aliphatic heterocycles. The molecule has 0 bridgehead atoms. The molecule has 15 heavy (non-hydrogen) atoms. The highest BCUT2D eigenvalue weighted by Crippen LogP contribution is 1.90. The first-order valence-corrected chi connectivity index (χ1v) is 5.20. The minimum absolute atomic E-state index is 0.153. The molecule has 0 aliphatic carbocycles. The Morgan fingerprint density at radius 3 is 2.27 bits per heavy atom. The van der Waals surface area contributed by atoms with E-state index in [1.54, 1.807) is 0 Å². The van der Waals surface area contributed by atoms with Crippen LogP contribution in [-0.2, 0) is 9.59 Å². The van der Waals surface area contributed by atoms with Crippen molar-refractivity contribution in [3.8, 4) is 0 Å². The van der Waals surface area contributed by atoms with E-state index in [2.05, 4.69) is 10.6 Å². The average Bonchev–Trinajstić information content (AvgIpc) is 2.21. The van der Waals surface area contributed by atoms with E-state index < -0.39 is 11.8 Å². The van der Waals surface area contributed by atoms with E-state index in [4.69, 9.17) is 5.11 Å². The van der Waals surface area contributed by atoms with Crippen LogP contribution < -0.4 is 10.6 Å². The predicted molar refractivity (Wildman–Crippen MR) is 57.2 cm³/mol. The van der Waals surface area contributed by atoms with Crippen molar-refractivity contribution in [1.82, 2.24) is 10.6 Å². The number of carbonyl (C=O) groups is 2. The highest BCUT2D eigenvalue weighted by atomic mass is 16.3. The number of amides is 2. The first-order chi connectivity index (χ1) is 7.01. The second-order valence-corrected chi connectivity index (χ2v) is 3.87. The lowest BCUT2D eigenvalue weighted by Crippen LogP contribution is -2.46. The van der Waals surface area contributed by atoms with Crippen LogP contribution in [0.3, 0.4) is 0 Å². The van der Waals surface area contributed by atoms with Crippen molar-refractivity contribution >= 4 is 11.8 Å². The number of nitrogens with one attached hydrogen (secondary N) is 2. The van der Waals surface area contributed by atoms with Gasteiger partial charge in [0.25, 0.3) is 0 Å². The van der Waals surface area contributed by atoms with Gasteiger partial charge in [-0.1, -0.05) is 20.8 Å². The van der Waals surface area contributed by atoms with E-state index in [-0.39, 0.29) is 12.6 Å². The van der Waals surface area contributed by atoms with Crippen LogP contribution in [0, 0.1) is 5.92 Å². The maximum atomic E-state index is 11.2. The summed E-state index contributed by atoms with van der Waals surface area (Å²) in [5.74, 6) is -1.02. The molecule has 0 saturated heterocycles. The van der Waals surface area contributed by atoms with Crippen molar-refractivity contribution in [1.29, 1.82) is 0 Å². The van der Waals surface area contributed by atoms with E-state index in [1.807, 2.05) is 20.8 Å². The van der Waals surface area contributed by atoms with Crippen LogP contribution in [0.1, 0.15) is 27.2 Å². The molecule has 0 saturated carbocycles. The van der Waals surface area contributed by atoms with Gasteiger partial charge in [-0.05, 0) is 12.3 Å². The molecule has 0 rings (SSSR count). The Hall–Kier alpha value is -1.10. The van der Waals surface area contributed by atoms with Gasteiger partial charge in [0.15, 0.2) is 0 Å². The van der Waals surface area contributed by atoms with Gasteiger partial charge < -0.3 is 15.7 Å². The highest BCUT2D eigenvalue weighted by molar-refractivity contribution is 6.35. The number of rotatable bonds is 5. The standard InChI is InChI=1S/C10H20N2O3/c1-4-8(6-13)12-10(15)9(14)11-5-7(2)3/h7-8,13H,4-6H2,1-3H3,(H,11,14)(H,12,15)/t8-/m1/s1. The molecule has 3 N–H and O–H groups in total. The Morgan fingerprint density at radius 1 is 1.27 bits per heavy atom. The summed E-state index contributed by atoms with van der Waals surface area (Å²) in [6, 6.07) is -0.345. The Kier molecular flexibility index (Phi) is 6.70. The Morgan fingerprint density at radius 2 is 1.87 bits per heavy atom. The summed E-state index contributed by atoms with van der Waals surface area (Å²) in [5.41, 5.74) is 0. The molecule has 1 atom stereocenters. The summed E-state index contributed by atoms with van der Waals surface area (Å²) < 4.78 is 0. The summed E-state index contributed by atoms with van der Waals surface area (Å²) in [6.45, 7) is 6.04. The first-order valence-electron chi connectivity index (χ1n) is 5.20. The Balaban J connectivity index is 3.93. The van der Waals surface area contributed by atoms with Crippen molar-refractivity contribution in [3.63, 3.8) is 0 Å². The van der Waals surface area contributed by atoms with Crippen LogP contribution in [0.5, 0.6) is 0 Å². The maximum absolute atomic E-state index is 11.2. The van der Waals surface area contributed by atoms with Crippen molar-refractivity contribution in [2.45, 2.75) is 33.2 Å². The fourth-order valence-corrected chi connectivity index (χ4v) is 0.905. The highest BCUT2D eigenvalue weighted by Gasteiger charge is 2.16. The minimum atomic E-state index is -0.684. The third-order valence-corrected chi connectivity index (χ3v) is 1.93. The third-order valence-electron chi connectivity index (χ3n) is 1.93. The average molecular weight is 216 g/mol. The molecule has 5 nitrogen and oxygen atoms in total. The summed E-state index contributed by atoms with van der Waals surface area (Å²) in [7, 11) is 0. The zero-order valence-electron chi connectivity index (χ0n) is 9.54. The summed E-state index contributed by atoms with van der Waals surface area (Å²) in [4.78, 5) is 22.5. The third kappa shape index (κ3) is 6.06. The molecule has 0 aliphatic rings. The largest absolute Gasteiger partial charge is 0.394 e. The summed E-state index contributed by atoms with van der Waals surface area (Å²) >= 11 is 0. The van der Waals surface area contributed by atoms with Crippen molar-refractivity contribution < 1.29 is 14.7 Å². The Bertz CT molecular complexity index is 213. The van der Waals surface area contributed by atoms with E-state index in [9.17, 15) is 9.59 Å². The fourth-order valence-electron chi connectivity index (χ4n) is 0.905. The van der Waals surface area contributed by atoms with Gasteiger partial charge in [0.1, 0.15) is 0 Å². The van der Waals surface area contributed by atoms with Gasteiger partial charge in [0.2, 0.25) is 0 Å². The molecule has 0 aromatic heterocycles. The van der Waals surface area contributed by atoms with Crippen LogP contribution in [0.4, 0.5) is 0 Å². The Labute approximate surface area is 90.2 Å². The normalized spacial score (nSPS) is 12.3.